The van der Waals surface area contributed by atoms with E-state index in [-0.39, 0.29) is 6.17 Å². The first kappa shape index (κ1) is 10.0. The molecule has 0 saturated heterocycles. The average Bonchev–Trinajstić information content (AvgIpc) is 2.73. The molecule has 1 atom stereocenters. The van der Waals surface area contributed by atoms with Crippen molar-refractivity contribution in [2.45, 2.75) is 12.6 Å². The molecule has 6 heteroatoms. The maximum atomic E-state index is 8.13. The Labute approximate surface area is 87.3 Å². The van der Waals surface area contributed by atoms with Crippen LogP contribution >= 0.6 is 0 Å². The zero-order chi connectivity index (χ0) is 10.5. The summed E-state index contributed by atoms with van der Waals surface area (Å²) < 4.78 is 5.35. The Morgan fingerprint density at radius 3 is 3.53 bits per heavy atom. The molecule has 0 fully saturated rings. The van der Waals surface area contributed by atoms with Crippen LogP contribution in [0.5, 0.6) is 0 Å². The molecule has 1 aromatic heterocycles. The summed E-state index contributed by atoms with van der Waals surface area (Å²) >= 11 is 0. The Morgan fingerprint density at radius 2 is 2.67 bits per heavy atom. The van der Waals surface area contributed by atoms with Crippen LogP contribution in [0.3, 0.4) is 0 Å². The standard InChI is InChI=1S/C9H13N5O/c10-14-13-5-4-12-9-7-2-6-15-8(7)1-3-11-9/h2,6,9,11-12H,1,3-5H2. The second-order valence-electron chi connectivity index (χ2n) is 3.34. The lowest BCUT2D eigenvalue weighted by atomic mass is 10.1. The number of azide groups is 1. The molecule has 0 saturated carbocycles. The molecule has 0 spiro atoms. The van der Waals surface area contributed by atoms with Gasteiger partial charge in [-0.05, 0) is 11.6 Å². The van der Waals surface area contributed by atoms with Crippen LogP contribution in [0.25, 0.3) is 10.4 Å². The van der Waals surface area contributed by atoms with Crippen LogP contribution < -0.4 is 10.6 Å². The predicted octanol–water partition coefficient (Wildman–Crippen LogP) is 1.32. The van der Waals surface area contributed by atoms with Crippen LogP contribution in [0.1, 0.15) is 17.5 Å². The van der Waals surface area contributed by atoms with Crippen molar-refractivity contribution >= 4 is 0 Å². The minimum absolute atomic E-state index is 0.112. The first-order chi connectivity index (χ1) is 7.42. The fraction of sp³-hybridized carbons (Fsp3) is 0.556. The smallest absolute Gasteiger partial charge is 0.111 e. The van der Waals surface area contributed by atoms with Gasteiger partial charge >= 0.3 is 0 Å². The molecule has 0 radical (unpaired) electrons. The maximum Gasteiger partial charge on any atom is 0.111 e. The molecule has 0 aliphatic carbocycles. The van der Waals surface area contributed by atoms with Gasteiger partial charge in [0.2, 0.25) is 0 Å². The van der Waals surface area contributed by atoms with E-state index in [1.165, 1.54) is 0 Å². The maximum absolute atomic E-state index is 8.13. The van der Waals surface area contributed by atoms with Crippen molar-refractivity contribution < 1.29 is 4.42 Å². The van der Waals surface area contributed by atoms with Crippen molar-refractivity contribution in [1.29, 1.82) is 0 Å². The van der Waals surface area contributed by atoms with Crippen molar-refractivity contribution in [2.24, 2.45) is 5.11 Å². The average molecular weight is 207 g/mol. The van der Waals surface area contributed by atoms with E-state index in [1.807, 2.05) is 6.07 Å². The molecular formula is C9H13N5O. The van der Waals surface area contributed by atoms with Gasteiger partial charge in [0, 0.05) is 36.5 Å². The third-order valence-electron chi connectivity index (χ3n) is 2.41. The highest BCUT2D eigenvalue weighted by molar-refractivity contribution is 5.23. The van der Waals surface area contributed by atoms with Crippen LogP contribution in [0.2, 0.25) is 0 Å². The van der Waals surface area contributed by atoms with Crippen LogP contribution in [0, 0.1) is 0 Å². The van der Waals surface area contributed by atoms with E-state index in [2.05, 4.69) is 20.7 Å². The van der Waals surface area contributed by atoms with Gasteiger partial charge in [0.15, 0.2) is 0 Å². The minimum atomic E-state index is 0.112. The van der Waals surface area contributed by atoms with Gasteiger partial charge in [0.25, 0.3) is 0 Å². The quantitative estimate of drug-likeness (QED) is 0.338. The van der Waals surface area contributed by atoms with Crippen LogP contribution in [0.4, 0.5) is 0 Å². The Hall–Kier alpha value is -1.49. The topological polar surface area (TPSA) is 86.0 Å². The molecule has 15 heavy (non-hydrogen) atoms. The summed E-state index contributed by atoms with van der Waals surface area (Å²) in [7, 11) is 0. The Morgan fingerprint density at radius 1 is 1.73 bits per heavy atom. The molecule has 6 nitrogen and oxygen atoms in total. The monoisotopic (exact) mass is 207 g/mol. The number of furan rings is 1. The van der Waals surface area contributed by atoms with Crippen LogP contribution in [-0.4, -0.2) is 19.6 Å². The molecule has 2 heterocycles. The summed E-state index contributed by atoms with van der Waals surface area (Å²) in [5.41, 5.74) is 9.28. The molecule has 80 valence electrons. The highest BCUT2D eigenvalue weighted by Crippen LogP contribution is 2.21. The Bertz CT molecular complexity index is 368. The molecular weight excluding hydrogens is 194 g/mol. The summed E-state index contributed by atoms with van der Waals surface area (Å²) in [5.74, 6) is 1.04. The van der Waals surface area contributed by atoms with E-state index in [1.54, 1.807) is 6.26 Å². The number of fused-ring (bicyclic) bond motifs is 1. The lowest BCUT2D eigenvalue weighted by molar-refractivity contribution is 0.389. The van der Waals surface area contributed by atoms with Gasteiger partial charge in [-0.3, -0.25) is 10.6 Å². The van der Waals surface area contributed by atoms with E-state index >= 15 is 0 Å². The third kappa shape index (κ3) is 2.30. The highest BCUT2D eigenvalue weighted by atomic mass is 16.3. The van der Waals surface area contributed by atoms with E-state index in [0.717, 1.165) is 24.3 Å². The zero-order valence-electron chi connectivity index (χ0n) is 8.31. The van der Waals surface area contributed by atoms with E-state index in [4.69, 9.17) is 9.95 Å². The van der Waals surface area contributed by atoms with Crippen molar-refractivity contribution in [3.8, 4) is 0 Å². The summed E-state index contributed by atoms with van der Waals surface area (Å²) in [6.07, 6.45) is 2.75. The number of hydrogen-bond donors (Lipinski definition) is 2. The second-order valence-corrected chi connectivity index (χ2v) is 3.34. The number of hydrogen-bond acceptors (Lipinski definition) is 4. The Kier molecular flexibility index (Phi) is 3.24. The molecule has 0 amide bonds. The first-order valence-corrected chi connectivity index (χ1v) is 4.95. The second kappa shape index (κ2) is 4.84. The molecule has 1 aromatic rings. The molecule has 0 aromatic carbocycles. The zero-order valence-corrected chi connectivity index (χ0v) is 8.31. The number of nitrogens with one attached hydrogen (secondary N) is 2. The number of rotatable bonds is 4. The molecule has 0 bridgehead atoms. The highest BCUT2D eigenvalue weighted by Gasteiger charge is 2.20. The molecule has 2 N–H and O–H groups in total. The van der Waals surface area contributed by atoms with E-state index in [9.17, 15) is 0 Å². The lowest BCUT2D eigenvalue weighted by Gasteiger charge is -2.24. The predicted molar refractivity (Wildman–Crippen MR) is 55.2 cm³/mol. The summed E-state index contributed by atoms with van der Waals surface area (Å²) in [5, 5.41) is 10.1. The van der Waals surface area contributed by atoms with E-state index < -0.39 is 0 Å². The van der Waals surface area contributed by atoms with Gasteiger partial charge in [-0.15, -0.1) is 0 Å². The first-order valence-electron chi connectivity index (χ1n) is 4.95. The Balaban J connectivity index is 1.92. The van der Waals surface area contributed by atoms with Gasteiger partial charge < -0.3 is 4.42 Å². The molecule has 2 rings (SSSR count). The third-order valence-corrected chi connectivity index (χ3v) is 2.41. The fourth-order valence-corrected chi connectivity index (χ4v) is 1.74. The largest absolute Gasteiger partial charge is 0.469 e. The van der Waals surface area contributed by atoms with Crippen LogP contribution in [0.15, 0.2) is 21.9 Å². The van der Waals surface area contributed by atoms with Gasteiger partial charge in [0.1, 0.15) is 5.76 Å². The minimum Gasteiger partial charge on any atom is -0.469 e. The van der Waals surface area contributed by atoms with Gasteiger partial charge in [-0.2, -0.15) is 0 Å². The van der Waals surface area contributed by atoms with Crippen molar-refractivity contribution in [3.63, 3.8) is 0 Å². The van der Waals surface area contributed by atoms with E-state index in [0.29, 0.717) is 13.1 Å². The van der Waals surface area contributed by atoms with Gasteiger partial charge in [-0.1, -0.05) is 5.11 Å². The number of nitrogens with zero attached hydrogens (tertiary/aromatic N) is 3. The van der Waals surface area contributed by atoms with Gasteiger partial charge in [0.05, 0.1) is 12.4 Å². The van der Waals surface area contributed by atoms with Crippen LogP contribution in [-0.2, 0) is 6.42 Å². The van der Waals surface area contributed by atoms with Crippen molar-refractivity contribution in [1.82, 2.24) is 10.6 Å². The molecule has 1 aliphatic heterocycles. The van der Waals surface area contributed by atoms with Crippen molar-refractivity contribution in [2.75, 3.05) is 19.6 Å². The summed E-state index contributed by atoms with van der Waals surface area (Å²) in [6, 6.07) is 1.97. The van der Waals surface area contributed by atoms with Crippen molar-refractivity contribution in [3.05, 3.63) is 34.1 Å². The van der Waals surface area contributed by atoms with Gasteiger partial charge in [-0.25, -0.2) is 0 Å². The molecule has 1 aliphatic rings. The normalized spacial score (nSPS) is 19.3. The SMILES string of the molecule is [N-]=[N+]=NCCNC1NCCc2occc21. The summed E-state index contributed by atoms with van der Waals surface area (Å²) in [4.78, 5) is 2.70. The lowest BCUT2D eigenvalue weighted by Crippen LogP contribution is -2.39. The fourth-order valence-electron chi connectivity index (χ4n) is 1.74. The summed E-state index contributed by atoms with van der Waals surface area (Å²) in [6.45, 7) is 2.02. The molecule has 1 unspecified atom stereocenters.